The van der Waals surface area contributed by atoms with Crippen LogP contribution < -0.4 is 4.31 Å². The fraction of sp³-hybridized carbons (Fsp3) is 0.0588. The van der Waals surface area contributed by atoms with Crippen molar-refractivity contribution >= 4 is 48.2 Å². The van der Waals surface area contributed by atoms with E-state index in [1.807, 2.05) is 35.7 Å². The van der Waals surface area contributed by atoms with E-state index in [-0.39, 0.29) is 4.90 Å². The quantitative estimate of drug-likeness (QED) is 0.562. The molecule has 0 spiro atoms. The maximum atomic E-state index is 13.0. The standard InChI is InChI=1S/C17H13N3O2S2/c1-20(15-6-2-4-12-5-3-8-18-17(12)15)24(21,22)13-10-16-14(19-11-13)7-9-23-16/h2-11H,1H3. The van der Waals surface area contributed by atoms with Crippen molar-refractivity contribution < 1.29 is 8.42 Å². The number of hydrogen-bond acceptors (Lipinski definition) is 5. The molecule has 0 bridgehead atoms. The maximum Gasteiger partial charge on any atom is 0.265 e. The SMILES string of the molecule is CN(c1cccc2cccnc12)S(=O)(=O)c1cnc2ccsc2c1. The van der Waals surface area contributed by atoms with Crippen LogP contribution in [0.5, 0.6) is 0 Å². The molecule has 4 rings (SSSR count). The number of anilines is 1. The number of aromatic nitrogens is 2. The smallest absolute Gasteiger partial charge is 0.265 e. The zero-order valence-electron chi connectivity index (χ0n) is 12.7. The molecule has 0 saturated heterocycles. The number of benzene rings is 1. The molecule has 3 aromatic heterocycles. The van der Waals surface area contributed by atoms with Crippen molar-refractivity contribution in [2.75, 3.05) is 11.4 Å². The summed E-state index contributed by atoms with van der Waals surface area (Å²) in [6, 6.07) is 12.8. The van der Waals surface area contributed by atoms with Crippen LogP contribution >= 0.6 is 11.3 Å². The Morgan fingerprint density at radius 1 is 1.08 bits per heavy atom. The van der Waals surface area contributed by atoms with Crippen molar-refractivity contribution in [2.45, 2.75) is 4.90 Å². The summed E-state index contributed by atoms with van der Waals surface area (Å²) in [5, 5.41) is 2.79. The summed E-state index contributed by atoms with van der Waals surface area (Å²) in [6.07, 6.45) is 3.06. The molecule has 4 aromatic rings. The van der Waals surface area contributed by atoms with E-state index < -0.39 is 10.0 Å². The van der Waals surface area contributed by atoms with Gasteiger partial charge < -0.3 is 0 Å². The normalized spacial score (nSPS) is 11.9. The van der Waals surface area contributed by atoms with Gasteiger partial charge >= 0.3 is 0 Å². The van der Waals surface area contributed by atoms with E-state index in [4.69, 9.17) is 0 Å². The third-order valence-electron chi connectivity index (χ3n) is 3.89. The molecule has 0 unspecified atom stereocenters. The van der Waals surface area contributed by atoms with Crippen LogP contribution in [0.4, 0.5) is 5.69 Å². The zero-order chi connectivity index (χ0) is 16.7. The van der Waals surface area contributed by atoms with Crippen molar-refractivity contribution in [2.24, 2.45) is 0 Å². The molecule has 1 aromatic carbocycles. The highest BCUT2D eigenvalue weighted by Crippen LogP contribution is 2.29. The number of sulfonamides is 1. The molecule has 0 fully saturated rings. The lowest BCUT2D eigenvalue weighted by atomic mass is 10.2. The van der Waals surface area contributed by atoms with Gasteiger partial charge in [0.15, 0.2) is 0 Å². The van der Waals surface area contributed by atoms with Crippen LogP contribution in [-0.2, 0) is 10.0 Å². The summed E-state index contributed by atoms with van der Waals surface area (Å²) < 4.78 is 28.1. The molecule has 0 aliphatic heterocycles. The molecular formula is C17H13N3O2S2. The van der Waals surface area contributed by atoms with Gasteiger partial charge in [0.2, 0.25) is 0 Å². The third-order valence-corrected chi connectivity index (χ3v) is 6.48. The van der Waals surface area contributed by atoms with E-state index in [0.717, 1.165) is 15.6 Å². The van der Waals surface area contributed by atoms with Gasteiger partial charge in [-0.15, -0.1) is 11.3 Å². The summed E-state index contributed by atoms with van der Waals surface area (Å²) >= 11 is 1.47. The Hall–Kier alpha value is -2.51. The van der Waals surface area contributed by atoms with Crippen molar-refractivity contribution in [3.63, 3.8) is 0 Å². The van der Waals surface area contributed by atoms with Gasteiger partial charge in [-0.25, -0.2) is 8.42 Å². The van der Waals surface area contributed by atoms with Crippen LogP contribution in [0.25, 0.3) is 21.1 Å². The second kappa shape index (κ2) is 5.54. The molecular weight excluding hydrogens is 342 g/mol. The Balaban J connectivity index is 1.86. The zero-order valence-corrected chi connectivity index (χ0v) is 14.4. The fourth-order valence-corrected chi connectivity index (χ4v) is 4.63. The minimum absolute atomic E-state index is 0.174. The second-order valence-electron chi connectivity index (χ2n) is 5.30. The predicted molar refractivity (Wildman–Crippen MR) is 97.0 cm³/mol. The second-order valence-corrected chi connectivity index (χ2v) is 8.22. The summed E-state index contributed by atoms with van der Waals surface area (Å²) in [5.41, 5.74) is 1.99. The van der Waals surface area contributed by atoms with Gasteiger partial charge in [0.25, 0.3) is 10.0 Å². The number of hydrogen-bond donors (Lipinski definition) is 0. The van der Waals surface area contributed by atoms with Crippen LogP contribution in [0.1, 0.15) is 0 Å². The molecule has 0 amide bonds. The van der Waals surface area contributed by atoms with Gasteiger partial charge in [0.05, 0.1) is 21.4 Å². The van der Waals surface area contributed by atoms with Crippen LogP contribution in [-0.4, -0.2) is 25.4 Å². The Morgan fingerprint density at radius 3 is 2.79 bits per heavy atom. The highest BCUT2D eigenvalue weighted by atomic mass is 32.2. The van der Waals surface area contributed by atoms with Crippen LogP contribution in [0.15, 0.2) is 65.1 Å². The predicted octanol–water partition coefficient (Wildman–Crippen LogP) is 3.67. The van der Waals surface area contributed by atoms with E-state index >= 15 is 0 Å². The molecule has 5 nitrogen and oxygen atoms in total. The fourth-order valence-electron chi connectivity index (χ4n) is 2.60. The first kappa shape index (κ1) is 15.0. The van der Waals surface area contributed by atoms with E-state index in [1.165, 1.54) is 28.9 Å². The van der Waals surface area contributed by atoms with E-state index in [0.29, 0.717) is 11.2 Å². The highest BCUT2D eigenvalue weighted by molar-refractivity contribution is 7.92. The summed E-state index contributed by atoms with van der Waals surface area (Å²) in [5.74, 6) is 0. The van der Waals surface area contributed by atoms with Crippen LogP contribution in [0.3, 0.4) is 0 Å². The summed E-state index contributed by atoms with van der Waals surface area (Å²) in [6.45, 7) is 0. The molecule has 0 saturated carbocycles. The number of para-hydroxylation sites is 1. The van der Waals surface area contributed by atoms with Gasteiger partial charge in [-0.2, -0.15) is 0 Å². The number of pyridine rings is 2. The molecule has 0 N–H and O–H groups in total. The van der Waals surface area contributed by atoms with Gasteiger partial charge in [-0.3, -0.25) is 14.3 Å². The van der Waals surface area contributed by atoms with Gasteiger partial charge in [0, 0.05) is 24.8 Å². The lowest BCUT2D eigenvalue weighted by Crippen LogP contribution is -2.27. The van der Waals surface area contributed by atoms with Crippen molar-refractivity contribution in [1.29, 1.82) is 0 Å². The Bertz CT molecular complexity index is 1150. The molecule has 3 heterocycles. The van der Waals surface area contributed by atoms with Crippen LogP contribution in [0.2, 0.25) is 0 Å². The minimum atomic E-state index is -3.72. The summed E-state index contributed by atoms with van der Waals surface area (Å²) in [7, 11) is -2.18. The first-order valence-electron chi connectivity index (χ1n) is 7.23. The highest BCUT2D eigenvalue weighted by Gasteiger charge is 2.24. The van der Waals surface area contributed by atoms with Crippen molar-refractivity contribution in [1.82, 2.24) is 9.97 Å². The molecule has 0 atom stereocenters. The average molecular weight is 355 g/mol. The lowest BCUT2D eigenvalue weighted by molar-refractivity contribution is 0.594. The number of thiophene rings is 1. The van der Waals surface area contributed by atoms with Gasteiger partial charge in [-0.1, -0.05) is 18.2 Å². The Kier molecular flexibility index (Phi) is 3.47. The largest absolute Gasteiger partial charge is 0.267 e. The van der Waals surface area contributed by atoms with Gasteiger partial charge in [0.1, 0.15) is 4.90 Å². The van der Waals surface area contributed by atoms with E-state index in [9.17, 15) is 8.42 Å². The van der Waals surface area contributed by atoms with Crippen molar-refractivity contribution in [3.8, 4) is 0 Å². The molecule has 120 valence electrons. The number of rotatable bonds is 3. The maximum absolute atomic E-state index is 13.0. The van der Waals surface area contributed by atoms with Gasteiger partial charge in [-0.05, 0) is 29.6 Å². The summed E-state index contributed by atoms with van der Waals surface area (Å²) in [4.78, 5) is 8.74. The minimum Gasteiger partial charge on any atom is -0.267 e. The van der Waals surface area contributed by atoms with Crippen LogP contribution in [0, 0.1) is 0 Å². The van der Waals surface area contributed by atoms with Crippen molar-refractivity contribution in [3.05, 3.63) is 60.2 Å². The molecule has 24 heavy (non-hydrogen) atoms. The number of fused-ring (bicyclic) bond motifs is 2. The molecule has 0 aliphatic carbocycles. The van der Waals surface area contributed by atoms with E-state index in [1.54, 1.807) is 18.3 Å². The Labute approximate surface area is 143 Å². The first-order valence-corrected chi connectivity index (χ1v) is 9.55. The molecule has 0 aliphatic rings. The van der Waals surface area contributed by atoms with E-state index in [2.05, 4.69) is 9.97 Å². The molecule has 7 heteroatoms. The molecule has 0 radical (unpaired) electrons. The topological polar surface area (TPSA) is 63.2 Å². The Morgan fingerprint density at radius 2 is 1.92 bits per heavy atom. The first-order chi connectivity index (χ1) is 11.6. The third kappa shape index (κ3) is 2.33. The lowest BCUT2D eigenvalue weighted by Gasteiger charge is -2.20. The average Bonchev–Trinajstić information content (AvgIpc) is 3.08. The number of nitrogens with zero attached hydrogens (tertiary/aromatic N) is 3. The monoisotopic (exact) mass is 355 g/mol.